The van der Waals surface area contributed by atoms with Gasteiger partial charge in [-0.25, -0.2) is 9.48 Å². The van der Waals surface area contributed by atoms with Crippen LogP contribution in [0.2, 0.25) is 0 Å². The molecule has 0 aliphatic heterocycles. The number of hydrogen-bond acceptors (Lipinski definition) is 6. The monoisotopic (exact) mass is 460 g/mol. The number of rotatable bonds is 5. The molecule has 0 spiro atoms. The van der Waals surface area contributed by atoms with Crippen molar-refractivity contribution in [3.8, 4) is 0 Å². The van der Waals surface area contributed by atoms with Crippen molar-refractivity contribution in [2.45, 2.75) is 42.7 Å². The van der Waals surface area contributed by atoms with Crippen LogP contribution >= 0.6 is 11.8 Å². The highest BCUT2D eigenvalue weighted by Crippen LogP contribution is 2.28. The van der Waals surface area contributed by atoms with Crippen molar-refractivity contribution < 1.29 is 9.53 Å². The van der Waals surface area contributed by atoms with Gasteiger partial charge in [0.15, 0.2) is 0 Å². The maximum atomic E-state index is 13.0. The highest BCUT2D eigenvalue weighted by Gasteiger charge is 2.16. The molecule has 4 rings (SSSR count). The molecule has 2 heterocycles. The van der Waals surface area contributed by atoms with Gasteiger partial charge in [-0.3, -0.25) is 15.1 Å². The van der Waals surface area contributed by atoms with Crippen molar-refractivity contribution >= 4 is 34.3 Å². The van der Waals surface area contributed by atoms with E-state index in [1.807, 2.05) is 42.5 Å². The van der Waals surface area contributed by atoms with E-state index >= 15 is 0 Å². The third-order valence-corrected chi connectivity index (χ3v) is 5.57. The maximum absolute atomic E-state index is 13.0. The Hall–Kier alpha value is -3.65. The zero-order chi connectivity index (χ0) is 23.4. The van der Waals surface area contributed by atoms with E-state index in [1.165, 1.54) is 4.68 Å². The maximum Gasteiger partial charge on any atom is 0.412 e. The third-order valence-electron chi connectivity index (χ3n) is 4.60. The van der Waals surface area contributed by atoms with E-state index in [0.717, 1.165) is 20.7 Å². The first kappa shape index (κ1) is 22.5. The number of nitrogens with zero attached hydrogens (tertiary/aromatic N) is 3. The Balaban J connectivity index is 1.52. The van der Waals surface area contributed by atoms with Gasteiger partial charge in [0.25, 0.3) is 5.56 Å². The van der Waals surface area contributed by atoms with Gasteiger partial charge in [-0.2, -0.15) is 5.10 Å². The molecule has 0 saturated carbocycles. The summed E-state index contributed by atoms with van der Waals surface area (Å²) in [5.74, 6) is 0. The molecule has 2 aromatic heterocycles. The summed E-state index contributed by atoms with van der Waals surface area (Å²) in [6.07, 6.45) is 4.71. The van der Waals surface area contributed by atoms with Gasteiger partial charge < -0.3 is 4.74 Å². The minimum Gasteiger partial charge on any atom is -0.444 e. The first-order chi connectivity index (χ1) is 15.8. The lowest BCUT2D eigenvalue weighted by Gasteiger charge is -2.19. The number of fused-ring (bicyclic) bond motifs is 1. The molecule has 0 saturated heterocycles. The van der Waals surface area contributed by atoms with E-state index in [1.54, 1.807) is 63.3 Å². The number of benzene rings is 2. The van der Waals surface area contributed by atoms with Crippen LogP contribution in [-0.4, -0.2) is 26.5 Å². The van der Waals surface area contributed by atoms with E-state index in [-0.39, 0.29) is 12.1 Å². The molecule has 4 aromatic rings. The normalized spacial score (nSPS) is 11.4. The molecule has 0 aliphatic rings. The number of nitrogens with one attached hydrogen (secondary N) is 1. The van der Waals surface area contributed by atoms with Crippen molar-refractivity contribution in [2.24, 2.45) is 0 Å². The number of anilines is 1. The van der Waals surface area contributed by atoms with Crippen LogP contribution < -0.4 is 10.9 Å². The Bertz CT molecular complexity index is 1350. The molecule has 0 aliphatic carbocycles. The number of ether oxygens (including phenoxy) is 1. The fraction of sp³-hybridized carbons (Fsp3) is 0.200. The van der Waals surface area contributed by atoms with Gasteiger partial charge in [-0.15, -0.1) is 0 Å². The van der Waals surface area contributed by atoms with E-state index in [4.69, 9.17) is 4.74 Å². The van der Waals surface area contributed by atoms with Crippen molar-refractivity contribution in [1.82, 2.24) is 14.8 Å². The lowest BCUT2D eigenvalue weighted by Crippen LogP contribution is -2.27. The second-order valence-corrected chi connectivity index (χ2v) is 9.62. The van der Waals surface area contributed by atoms with E-state index < -0.39 is 11.7 Å². The molecule has 8 heteroatoms. The molecule has 33 heavy (non-hydrogen) atoms. The fourth-order valence-corrected chi connectivity index (χ4v) is 4.08. The van der Waals surface area contributed by atoms with Crippen molar-refractivity contribution in [2.75, 3.05) is 5.32 Å². The molecule has 0 fully saturated rings. The number of hydrogen-bond donors (Lipinski definition) is 1. The van der Waals surface area contributed by atoms with Crippen LogP contribution in [0.4, 0.5) is 10.5 Å². The van der Waals surface area contributed by atoms with Gasteiger partial charge in [0.05, 0.1) is 18.1 Å². The van der Waals surface area contributed by atoms with Crippen LogP contribution in [0.15, 0.2) is 87.8 Å². The van der Waals surface area contributed by atoms with Gasteiger partial charge in [0.1, 0.15) is 5.60 Å². The Morgan fingerprint density at radius 2 is 1.91 bits per heavy atom. The molecule has 1 N–H and O–H groups in total. The fourth-order valence-electron chi connectivity index (χ4n) is 3.23. The molecule has 2 aromatic carbocycles. The summed E-state index contributed by atoms with van der Waals surface area (Å²) in [6.45, 7) is 5.70. The zero-order valence-electron chi connectivity index (χ0n) is 18.6. The number of aromatic nitrogens is 3. The Labute approximate surface area is 195 Å². The highest BCUT2D eigenvalue weighted by molar-refractivity contribution is 7.99. The minimum absolute atomic E-state index is 0.170. The topological polar surface area (TPSA) is 86.1 Å². The van der Waals surface area contributed by atoms with Gasteiger partial charge in [-0.05, 0) is 68.8 Å². The molecule has 168 valence electrons. The molecule has 0 unspecified atom stereocenters. The minimum atomic E-state index is -0.583. The molecular weight excluding hydrogens is 436 g/mol. The summed E-state index contributed by atoms with van der Waals surface area (Å²) < 4.78 is 6.71. The molecule has 1 amide bonds. The largest absolute Gasteiger partial charge is 0.444 e. The van der Waals surface area contributed by atoms with Gasteiger partial charge in [0, 0.05) is 33.3 Å². The summed E-state index contributed by atoms with van der Waals surface area (Å²) >= 11 is 1.58. The average molecular weight is 461 g/mol. The lowest BCUT2D eigenvalue weighted by atomic mass is 10.2. The van der Waals surface area contributed by atoms with Crippen LogP contribution in [0.25, 0.3) is 10.8 Å². The Morgan fingerprint density at radius 1 is 1.06 bits per heavy atom. The van der Waals surface area contributed by atoms with Crippen LogP contribution in [0.5, 0.6) is 0 Å². The SMILES string of the molecule is CC(C)(C)OC(=O)Nc1cccc(Cn2ncc3cc(Sc4cccnc4)ccc3c2=O)c1. The van der Waals surface area contributed by atoms with Gasteiger partial charge in [0.2, 0.25) is 0 Å². The second-order valence-electron chi connectivity index (χ2n) is 8.47. The Morgan fingerprint density at radius 3 is 2.67 bits per heavy atom. The smallest absolute Gasteiger partial charge is 0.412 e. The molecule has 0 atom stereocenters. The van der Waals surface area contributed by atoms with Crippen LogP contribution in [0.3, 0.4) is 0 Å². The molecule has 0 radical (unpaired) electrons. The summed E-state index contributed by atoms with van der Waals surface area (Å²) in [4.78, 5) is 31.2. The number of carbonyl (C=O) groups excluding carboxylic acids is 1. The number of carbonyl (C=O) groups is 1. The molecule has 0 bridgehead atoms. The first-order valence-corrected chi connectivity index (χ1v) is 11.3. The van der Waals surface area contributed by atoms with Gasteiger partial charge >= 0.3 is 6.09 Å². The van der Waals surface area contributed by atoms with E-state index in [2.05, 4.69) is 15.4 Å². The first-order valence-electron chi connectivity index (χ1n) is 10.4. The van der Waals surface area contributed by atoms with Crippen molar-refractivity contribution in [3.63, 3.8) is 0 Å². The second kappa shape index (κ2) is 9.46. The van der Waals surface area contributed by atoms with Crippen LogP contribution in [-0.2, 0) is 11.3 Å². The van der Waals surface area contributed by atoms with Crippen LogP contribution in [0, 0.1) is 0 Å². The highest BCUT2D eigenvalue weighted by atomic mass is 32.2. The molecular formula is C25H24N4O3S. The van der Waals surface area contributed by atoms with E-state index in [0.29, 0.717) is 11.1 Å². The summed E-state index contributed by atoms with van der Waals surface area (Å²) in [5, 5.41) is 8.46. The zero-order valence-corrected chi connectivity index (χ0v) is 19.4. The standard InChI is InChI=1S/C25H24N4O3S/c1-25(2,3)32-24(31)28-19-7-4-6-17(12-19)16-29-23(30)22-10-9-20(13-18(22)14-27-29)33-21-8-5-11-26-15-21/h4-15H,16H2,1-3H3,(H,28,31). The number of amides is 1. The summed E-state index contributed by atoms with van der Waals surface area (Å²) in [5.41, 5.74) is 0.672. The molecule has 7 nitrogen and oxygen atoms in total. The lowest BCUT2D eigenvalue weighted by molar-refractivity contribution is 0.0636. The predicted molar refractivity (Wildman–Crippen MR) is 130 cm³/mol. The quantitative estimate of drug-likeness (QED) is 0.433. The van der Waals surface area contributed by atoms with Gasteiger partial charge in [-0.1, -0.05) is 23.9 Å². The number of pyridine rings is 1. The Kier molecular flexibility index (Phi) is 6.46. The van der Waals surface area contributed by atoms with Crippen molar-refractivity contribution in [3.05, 3.63) is 89.1 Å². The third kappa shape index (κ3) is 5.98. The van der Waals surface area contributed by atoms with Crippen molar-refractivity contribution in [1.29, 1.82) is 0 Å². The van der Waals surface area contributed by atoms with Crippen LogP contribution in [0.1, 0.15) is 26.3 Å². The average Bonchev–Trinajstić information content (AvgIpc) is 2.75. The summed E-state index contributed by atoms with van der Waals surface area (Å²) in [6, 6.07) is 16.9. The van der Waals surface area contributed by atoms with E-state index in [9.17, 15) is 9.59 Å². The summed E-state index contributed by atoms with van der Waals surface area (Å²) in [7, 11) is 0. The predicted octanol–water partition coefficient (Wildman–Crippen LogP) is 5.34.